The van der Waals surface area contributed by atoms with Gasteiger partial charge in [0.1, 0.15) is 0 Å². The van der Waals surface area contributed by atoms with E-state index >= 15 is 0 Å². The summed E-state index contributed by atoms with van der Waals surface area (Å²) in [7, 11) is 0. The first kappa shape index (κ1) is 8.23. The summed E-state index contributed by atoms with van der Waals surface area (Å²) in [5.74, 6) is 0.666. The van der Waals surface area contributed by atoms with Crippen molar-refractivity contribution in [3.05, 3.63) is 30.2 Å². The maximum Gasteiger partial charge on any atom is 0.153 e. The van der Waals surface area contributed by atoms with Crippen LogP contribution in [-0.2, 0) is 6.42 Å². The van der Waals surface area contributed by atoms with Crippen LogP contribution in [0.3, 0.4) is 0 Å². The van der Waals surface area contributed by atoms with E-state index in [1.807, 2.05) is 12.4 Å². The van der Waals surface area contributed by atoms with Crippen LogP contribution >= 0.6 is 0 Å². The summed E-state index contributed by atoms with van der Waals surface area (Å²) in [6.07, 6.45) is 6.60. The van der Waals surface area contributed by atoms with Crippen LogP contribution in [0.25, 0.3) is 5.65 Å². The molecular formula is C10H13N3. The third-order valence-electron chi connectivity index (χ3n) is 1.96. The van der Waals surface area contributed by atoms with Crippen LogP contribution in [0.5, 0.6) is 0 Å². The zero-order valence-electron chi connectivity index (χ0n) is 7.94. The third-order valence-corrected chi connectivity index (χ3v) is 1.96. The quantitative estimate of drug-likeness (QED) is 0.698. The zero-order chi connectivity index (χ0) is 9.26. The minimum absolute atomic E-state index is 0.666. The molecule has 0 aliphatic carbocycles. The van der Waals surface area contributed by atoms with Crippen molar-refractivity contribution < 1.29 is 0 Å². The minimum atomic E-state index is 0.666. The van der Waals surface area contributed by atoms with Crippen LogP contribution in [0.1, 0.15) is 19.4 Å². The SMILES string of the molecule is CC(C)Cc1cnn2ccnc2c1. The molecule has 0 unspecified atom stereocenters. The highest BCUT2D eigenvalue weighted by Crippen LogP contribution is 2.08. The fourth-order valence-corrected chi connectivity index (χ4v) is 1.43. The predicted octanol–water partition coefficient (Wildman–Crippen LogP) is 1.93. The van der Waals surface area contributed by atoms with Crippen LogP contribution < -0.4 is 0 Å². The van der Waals surface area contributed by atoms with Crippen LogP contribution in [0.15, 0.2) is 24.7 Å². The summed E-state index contributed by atoms with van der Waals surface area (Å²) in [6, 6.07) is 2.09. The monoisotopic (exact) mass is 175 g/mol. The first-order chi connectivity index (χ1) is 6.25. The average molecular weight is 175 g/mol. The topological polar surface area (TPSA) is 30.2 Å². The Morgan fingerprint density at radius 2 is 2.31 bits per heavy atom. The summed E-state index contributed by atoms with van der Waals surface area (Å²) in [4.78, 5) is 4.19. The molecule has 0 N–H and O–H groups in total. The lowest BCUT2D eigenvalue weighted by atomic mass is 10.1. The lowest BCUT2D eigenvalue weighted by molar-refractivity contribution is 0.643. The van der Waals surface area contributed by atoms with Crippen molar-refractivity contribution >= 4 is 5.65 Å². The van der Waals surface area contributed by atoms with Crippen molar-refractivity contribution in [3.63, 3.8) is 0 Å². The van der Waals surface area contributed by atoms with Gasteiger partial charge in [0.05, 0.1) is 6.20 Å². The second kappa shape index (κ2) is 3.17. The van der Waals surface area contributed by atoms with Gasteiger partial charge in [0.25, 0.3) is 0 Å². The van der Waals surface area contributed by atoms with Crippen molar-refractivity contribution in [2.24, 2.45) is 5.92 Å². The highest BCUT2D eigenvalue weighted by Gasteiger charge is 2.00. The molecule has 0 fully saturated rings. The number of fused-ring (bicyclic) bond motifs is 1. The Kier molecular flexibility index (Phi) is 2.00. The summed E-state index contributed by atoms with van der Waals surface area (Å²) in [5.41, 5.74) is 2.19. The lowest BCUT2D eigenvalue weighted by Crippen LogP contribution is -1.97. The molecule has 0 amide bonds. The van der Waals surface area contributed by atoms with Gasteiger partial charge in [-0.15, -0.1) is 0 Å². The van der Waals surface area contributed by atoms with Gasteiger partial charge in [-0.3, -0.25) is 0 Å². The van der Waals surface area contributed by atoms with Gasteiger partial charge in [-0.2, -0.15) is 5.10 Å². The van der Waals surface area contributed by atoms with E-state index < -0.39 is 0 Å². The van der Waals surface area contributed by atoms with E-state index in [9.17, 15) is 0 Å². The number of imidazole rings is 1. The molecule has 68 valence electrons. The minimum Gasteiger partial charge on any atom is -0.236 e. The Bertz CT molecular complexity index is 403. The van der Waals surface area contributed by atoms with Gasteiger partial charge in [-0.05, 0) is 24.0 Å². The normalized spacial score (nSPS) is 11.3. The van der Waals surface area contributed by atoms with Gasteiger partial charge in [0, 0.05) is 12.4 Å². The standard InChI is InChI=1S/C10H13N3/c1-8(2)5-9-6-10-11-3-4-13(10)12-7-9/h3-4,6-8H,5H2,1-2H3. The van der Waals surface area contributed by atoms with Crippen LogP contribution in [-0.4, -0.2) is 14.6 Å². The van der Waals surface area contributed by atoms with E-state index in [1.54, 1.807) is 10.7 Å². The fourth-order valence-electron chi connectivity index (χ4n) is 1.43. The average Bonchev–Trinajstić information content (AvgIpc) is 2.49. The van der Waals surface area contributed by atoms with Crippen molar-refractivity contribution in [3.8, 4) is 0 Å². The molecule has 2 aromatic heterocycles. The molecule has 0 aliphatic heterocycles. The van der Waals surface area contributed by atoms with Crippen molar-refractivity contribution in [1.82, 2.24) is 14.6 Å². The molecule has 0 bridgehead atoms. The fraction of sp³-hybridized carbons (Fsp3) is 0.400. The second-order valence-electron chi connectivity index (χ2n) is 3.69. The zero-order valence-corrected chi connectivity index (χ0v) is 7.94. The van der Waals surface area contributed by atoms with Gasteiger partial charge < -0.3 is 0 Å². The molecule has 3 nitrogen and oxygen atoms in total. The molecule has 2 rings (SSSR count). The van der Waals surface area contributed by atoms with Crippen LogP contribution in [0.4, 0.5) is 0 Å². The highest BCUT2D eigenvalue weighted by atomic mass is 15.2. The second-order valence-corrected chi connectivity index (χ2v) is 3.69. The maximum atomic E-state index is 4.25. The molecule has 0 saturated carbocycles. The summed E-state index contributed by atoms with van der Waals surface area (Å²) < 4.78 is 1.78. The number of aromatic nitrogens is 3. The Balaban J connectivity index is 2.37. The number of nitrogens with zero attached hydrogens (tertiary/aromatic N) is 3. The lowest BCUT2D eigenvalue weighted by Gasteiger charge is -2.03. The van der Waals surface area contributed by atoms with Crippen molar-refractivity contribution in [2.45, 2.75) is 20.3 Å². The molecule has 0 spiro atoms. The van der Waals surface area contributed by atoms with E-state index in [-0.39, 0.29) is 0 Å². The van der Waals surface area contributed by atoms with Gasteiger partial charge in [-0.1, -0.05) is 13.8 Å². The van der Waals surface area contributed by atoms with Gasteiger partial charge >= 0.3 is 0 Å². The largest absolute Gasteiger partial charge is 0.236 e. The third kappa shape index (κ3) is 1.69. The molecule has 0 aromatic carbocycles. The molecule has 0 aliphatic rings. The van der Waals surface area contributed by atoms with E-state index in [1.165, 1.54) is 5.56 Å². The maximum absolute atomic E-state index is 4.25. The van der Waals surface area contributed by atoms with E-state index in [4.69, 9.17) is 0 Å². The predicted molar refractivity (Wildman–Crippen MR) is 51.5 cm³/mol. The highest BCUT2D eigenvalue weighted by molar-refractivity contribution is 5.38. The summed E-state index contributed by atoms with van der Waals surface area (Å²) >= 11 is 0. The van der Waals surface area contributed by atoms with E-state index in [0.717, 1.165) is 12.1 Å². The van der Waals surface area contributed by atoms with Gasteiger partial charge in [0.2, 0.25) is 0 Å². The molecular weight excluding hydrogens is 162 g/mol. The van der Waals surface area contributed by atoms with E-state index in [0.29, 0.717) is 5.92 Å². The van der Waals surface area contributed by atoms with Crippen molar-refractivity contribution in [2.75, 3.05) is 0 Å². The smallest absolute Gasteiger partial charge is 0.153 e. The Morgan fingerprint density at radius 1 is 1.46 bits per heavy atom. The summed E-state index contributed by atoms with van der Waals surface area (Å²) in [6.45, 7) is 4.41. The van der Waals surface area contributed by atoms with Crippen LogP contribution in [0, 0.1) is 5.92 Å². The van der Waals surface area contributed by atoms with E-state index in [2.05, 4.69) is 30.0 Å². The molecule has 2 heterocycles. The molecule has 0 atom stereocenters. The van der Waals surface area contributed by atoms with Gasteiger partial charge in [0.15, 0.2) is 5.65 Å². The number of hydrogen-bond acceptors (Lipinski definition) is 2. The Morgan fingerprint density at radius 3 is 3.08 bits per heavy atom. The number of hydrogen-bond donors (Lipinski definition) is 0. The summed E-state index contributed by atoms with van der Waals surface area (Å²) in [5, 5.41) is 4.25. The molecule has 2 aromatic rings. The number of rotatable bonds is 2. The molecule has 0 saturated heterocycles. The molecule has 13 heavy (non-hydrogen) atoms. The first-order valence-electron chi connectivity index (χ1n) is 4.54. The molecule has 3 heteroatoms. The van der Waals surface area contributed by atoms with Gasteiger partial charge in [-0.25, -0.2) is 9.50 Å². The first-order valence-corrected chi connectivity index (χ1v) is 4.54. The molecule has 0 radical (unpaired) electrons. The Hall–Kier alpha value is -1.38. The van der Waals surface area contributed by atoms with Crippen molar-refractivity contribution in [1.29, 1.82) is 0 Å². The van der Waals surface area contributed by atoms with Crippen LogP contribution in [0.2, 0.25) is 0 Å². The Labute approximate surface area is 77.4 Å².